The van der Waals surface area contributed by atoms with Gasteiger partial charge in [-0.05, 0) is 26.2 Å². The zero-order chi connectivity index (χ0) is 18.4. The monoisotopic (exact) mass is 350 g/mol. The molecule has 140 valence electrons. The van der Waals surface area contributed by atoms with Crippen LogP contribution in [0.2, 0.25) is 0 Å². The van der Waals surface area contributed by atoms with E-state index < -0.39 is 5.97 Å². The Labute approximate surface area is 149 Å². The summed E-state index contributed by atoms with van der Waals surface area (Å²) in [5, 5.41) is 7.15. The van der Waals surface area contributed by atoms with Crippen molar-refractivity contribution in [1.82, 2.24) is 14.7 Å². The number of ether oxygens (including phenoxy) is 1. The van der Waals surface area contributed by atoms with Crippen LogP contribution < -0.4 is 5.32 Å². The van der Waals surface area contributed by atoms with Crippen molar-refractivity contribution < 1.29 is 14.3 Å². The Bertz CT molecular complexity index is 606. The van der Waals surface area contributed by atoms with E-state index in [1.165, 1.54) is 39.2 Å². The average Bonchev–Trinajstić information content (AvgIpc) is 2.95. The first-order valence-corrected chi connectivity index (χ1v) is 9.15. The van der Waals surface area contributed by atoms with Crippen LogP contribution in [0.4, 0.5) is 10.5 Å². The van der Waals surface area contributed by atoms with E-state index in [1.807, 2.05) is 6.92 Å². The number of carbonyl (C=O) groups excluding carboxylic acids is 2. The minimum atomic E-state index is -0.498. The largest absolute Gasteiger partial charge is 0.464 e. The maximum Gasteiger partial charge on any atom is 0.358 e. The van der Waals surface area contributed by atoms with Crippen molar-refractivity contribution >= 4 is 17.7 Å². The van der Waals surface area contributed by atoms with Crippen LogP contribution >= 0.6 is 0 Å². The van der Waals surface area contributed by atoms with Crippen molar-refractivity contribution in [3.05, 3.63) is 11.4 Å². The predicted octanol–water partition coefficient (Wildman–Crippen LogP) is 3.43. The second-order valence-corrected chi connectivity index (χ2v) is 6.76. The maximum atomic E-state index is 12.5. The highest BCUT2D eigenvalue weighted by molar-refractivity contribution is 6.00. The van der Waals surface area contributed by atoms with Crippen molar-refractivity contribution in [3.63, 3.8) is 0 Å². The van der Waals surface area contributed by atoms with E-state index in [0.717, 1.165) is 12.3 Å². The Kier molecular flexibility index (Phi) is 6.84. The van der Waals surface area contributed by atoms with Crippen LogP contribution in [-0.2, 0) is 11.3 Å². The summed E-state index contributed by atoms with van der Waals surface area (Å²) in [6.45, 7) is 4.90. The summed E-state index contributed by atoms with van der Waals surface area (Å²) < 4.78 is 6.39. The summed E-state index contributed by atoms with van der Waals surface area (Å²) in [6, 6.07) is -0.222. The first kappa shape index (κ1) is 19.3. The molecule has 7 heteroatoms. The number of urea groups is 1. The van der Waals surface area contributed by atoms with Gasteiger partial charge in [0.15, 0.2) is 5.69 Å². The highest BCUT2D eigenvalue weighted by Gasteiger charge is 2.24. The number of hydrogen-bond acceptors (Lipinski definition) is 4. The van der Waals surface area contributed by atoms with Crippen molar-refractivity contribution in [2.45, 2.75) is 58.9 Å². The zero-order valence-electron chi connectivity index (χ0n) is 15.8. The highest BCUT2D eigenvalue weighted by Crippen LogP contribution is 2.26. The molecule has 0 spiro atoms. The SMILES string of the molecule is CCn1nc(C)c(NC(=O)N(C)CCC2CCCCC2)c1C(=O)OC. The molecule has 0 aliphatic heterocycles. The van der Waals surface area contributed by atoms with Crippen LogP contribution in [0.15, 0.2) is 0 Å². The Morgan fingerprint density at radius 3 is 2.60 bits per heavy atom. The smallest absolute Gasteiger partial charge is 0.358 e. The number of rotatable bonds is 6. The molecule has 0 unspecified atom stereocenters. The van der Waals surface area contributed by atoms with Crippen LogP contribution in [0.3, 0.4) is 0 Å². The fraction of sp³-hybridized carbons (Fsp3) is 0.722. The summed E-state index contributed by atoms with van der Waals surface area (Å²) in [5.41, 5.74) is 1.33. The lowest BCUT2D eigenvalue weighted by molar-refractivity contribution is 0.0588. The minimum Gasteiger partial charge on any atom is -0.464 e. The molecule has 1 fully saturated rings. The standard InChI is InChI=1S/C18H30N4O3/c1-5-22-16(17(23)25-4)15(13(2)20-22)19-18(24)21(3)12-11-14-9-7-6-8-10-14/h14H,5-12H2,1-4H3,(H,19,24). The summed E-state index contributed by atoms with van der Waals surface area (Å²) >= 11 is 0. The third kappa shape index (κ3) is 4.74. The number of nitrogens with zero attached hydrogens (tertiary/aromatic N) is 3. The topological polar surface area (TPSA) is 76.5 Å². The fourth-order valence-corrected chi connectivity index (χ4v) is 3.42. The van der Waals surface area contributed by atoms with Gasteiger partial charge in [-0.25, -0.2) is 9.59 Å². The highest BCUT2D eigenvalue weighted by atomic mass is 16.5. The van der Waals surface area contributed by atoms with Gasteiger partial charge in [0.25, 0.3) is 0 Å². The predicted molar refractivity (Wildman–Crippen MR) is 96.8 cm³/mol. The number of carbonyl (C=O) groups is 2. The molecule has 2 rings (SSSR count). The van der Waals surface area contributed by atoms with Crippen LogP contribution in [0, 0.1) is 12.8 Å². The number of esters is 1. The van der Waals surface area contributed by atoms with Gasteiger partial charge in [-0.2, -0.15) is 5.10 Å². The van der Waals surface area contributed by atoms with E-state index in [4.69, 9.17) is 4.74 Å². The lowest BCUT2D eigenvalue weighted by atomic mass is 9.87. The number of methoxy groups -OCH3 is 1. The maximum absolute atomic E-state index is 12.5. The summed E-state index contributed by atoms with van der Waals surface area (Å²) in [5.74, 6) is 0.224. The molecule has 0 radical (unpaired) electrons. The first-order valence-electron chi connectivity index (χ1n) is 9.15. The number of amides is 2. The van der Waals surface area contributed by atoms with E-state index in [2.05, 4.69) is 10.4 Å². The van der Waals surface area contributed by atoms with E-state index in [1.54, 1.807) is 23.6 Å². The van der Waals surface area contributed by atoms with E-state index >= 15 is 0 Å². The molecule has 1 aromatic rings. The molecular weight excluding hydrogens is 320 g/mol. The normalized spacial score (nSPS) is 15.0. The molecule has 1 aliphatic rings. The second kappa shape index (κ2) is 8.87. The molecule has 0 atom stereocenters. The van der Waals surface area contributed by atoms with Gasteiger partial charge in [0.1, 0.15) is 0 Å². The number of hydrogen-bond donors (Lipinski definition) is 1. The molecule has 1 saturated carbocycles. The van der Waals surface area contributed by atoms with Crippen molar-refractivity contribution in [2.75, 3.05) is 26.0 Å². The third-order valence-corrected chi connectivity index (χ3v) is 4.98. The Balaban J connectivity index is 2.01. The number of aromatic nitrogens is 2. The molecule has 1 aliphatic carbocycles. The molecule has 2 amide bonds. The molecule has 0 bridgehead atoms. The minimum absolute atomic E-state index is 0.222. The molecule has 7 nitrogen and oxygen atoms in total. The van der Waals surface area contributed by atoms with E-state index in [0.29, 0.717) is 24.5 Å². The average molecular weight is 350 g/mol. The molecular formula is C18H30N4O3. The summed E-state index contributed by atoms with van der Waals surface area (Å²) in [4.78, 5) is 26.3. The summed E-state index contributed by atoms with van der Waals surface area (Å²) in [7, 11) is 3.11. The third-order valence-electron chi connectivity index (χ3n) is 4.98. The Hall–Kier alpha value is -2.05. The molecule has 0 saturated heterocycles. The Morgan fingerprint density at radius 1 is 1.32 bits per heavy atom. The fourth-order valence-electron chi connectivity index (χ4n) is 3.42. The zero-order valence-corrected chi connectivity index (χ0v) is 15.8. The molecule has 1 heterocycles. The van der Waals surface area contributed by atoms with E-state index in [-0.39, 0.29) is 11.7 Å². The van der Waals surface area contributed by atoms with E-state index in [9.17, 15) is 9.59 Å². The lowest BCUT2D eigenvalue weighted by Gasteiger charge is -2.24. The van der Waals surface area contributed by atoms with Gasteiger partial charge >= 0.3 is 12.0 Å². The van der Waals surface area contributed by atoms with Crippen molar-refractivity contribution in [1.29, 1.82) is 0 Å². The lowest BCUT2D eigenvalue weighted by Crippen LogP contribution is -2.33. The van der Waals surface area contributed by atoms with Crippen LogP contribution in [-0.4, -0.2) is 47.4 Å². The van der Waals surface area contributed by atoms with Gasteiger partial charge in [-0.15, -0.1) is 0 Å². The van der Waals surface area contributed by atoms with Crippen LogP contribution in [0.5, 0.6) is 0 Å². The molecule has 0 aromatic carbocycles. The van der Waals surface area contributed by atoms with Crippen LogP contribution in [0.1, 0.15) is 61.6 Å². The molecule has 1 N–H and O–H groups in total. The number of nitrogens with one attached hydrogen (secondary N) is 1. The van der Waals surface area contributed by atoms with Gasteiger partial charge in [0.05, 0.1) is 18.5 Å². The molecule has 1 aromatic heterocycles. The summed E-state index contributed by atoms with van der Waals surface area (Å²) in [6.07, 6.45) is 7.51. The van der Waals surface area contributed by atoms with Gasteiger partial charge in [-0.1, -0.05) is 32.1 Å². The number of aryl methyl sites for hydroxylation is 2. The number of anilines is 1. The van der Waals surface area contributed by atoms with Gasteiger partial charge in [-0.3, -0.25) is 4.68 Å². The van der Waals surface area contributed by atoms with Gasteiger partial charge in [0.2, 0.25) is 0 Å². The van der Waals surface area contributed by atoms with Gasteiger partial charge in [0, 0.05) is 20.1 Å². The van der Waals surface area contributed by atoms with Gasteiger partial charge < -0.3 is 15.0 Å². The quantitative estimate of drug-likeness (QED) is 0.798. The van der Waals surface area contributed by atoms with Crippen LogP contribution in [0.25, 0.3) is 0 Å². The second-order valence-electron chi connectivity index (χ2n) is 6.76. The first-order chi connectivity index (χ1) is 12.0. The Morgan fingerprint density at radius 2 is 2.00 bits per heavy atom. The van der Waals surface area contributed by atoms with Crippen molar-refractivity contribution in [3.8, 4) is 0 Å². The van der Waals surface area contributed by atoms with Crippen molar-refractivity contribution in [2.24, 2.45) is 5.92 Å². The molecule has 25 heavy (non-hydrogen) atoms.